The molecule has 0 unspecified atom stereocenters. The lowest BCUT2D eigenvalue weighted by Crippen LogP contribution is -2.33. The van der Waals surface area contributed by atoms with Crippen LogP contribution in [-0.2, 0) is 17.7 Å². The second kappa shape index (κ2) is 5.87. The Morgan fingerprint density at radius 3 is 2.67 bits per heavy atom. The molecule has 4 N–H and O–H groups in total. The average Bonchev–Trinajstić information content (AvgIpc) is 2.72. The van der Waals surface area contributed by atoms with Gasteiger partial charge in [-0.15, -0.1) is 0 Å². The van der Waals surface area contributed by atoms with Gasteiger partial charge < -0.3 is 16.2 Å². The topological polar surface area (TPSA) is 96.2 Å². The number of hydrogen-bond donors (Lipinski definition) is 2. The first kappa shape index (κ1) is 14.9. The van der Waals surface area contributed by atoms with Gasteiger partial charge in [0.1, 0.15) is 11.4 Å². The Hall–Kier alpha value is -2.50. The van der Waals surface area contributed by atoms with E-state index in [9.17, 15) is 4.79 Å². The number of nitrogen functional groups attached to an aromatic ring is 1. The molecule has 0 aliphatic rings. The summed E-state index contributed by atoms with van der Waals surface area (Å²) >= 11 is 0. The fourth-order valence-corrected chi connectivity index (χ4v) is 2.29. The van der Waals surface area contributed by atoms with E-state index < -0.39 is 11.7 Å². The number of hydrogen-bond acceptors (Lipinski definition) is 4. The van der Waals surface area contributed by atoms with Gasteiger partial charge in [-0.25, -0.2) is 4.79 Å². The van der Waals surface area contributed by atoms with Gasteiger partial charge in [0, 0.05) is 12.6 Å². The van der Waals surface area contributed by atoms with Crippen LogP contribution in [-0.4, -0.2) is 21.5 Å². The average molecular weight is 288 g/mol. The van der Waals surface area contributed by atoms with E-state index in [0.717, 1.165) is 11.1 Å². The van der Waals surface area contributed by atoms with E-state index in [1.54, 1.807) is 10.7 Å². The van der Waals surface area contributed by atoms with Crippen molar-refractivity contribution in [2.45, 2.75) is 32.4 Å². The molecule has 0 bridgehead atoms. The lowest BCUT2D eigenvalue weighted by Gasteiger charge is -2.24. The van der Waals surface area contributed by atoms with Gasteiger partial charge in [0.25, 0.3) is 0 Å². The molecule has 0 aliphatic heterocycles. The third-order valence-electron chi connectivity index (χ3n) is 3.00. The molecule has 112 valence electrons. The molecule has 0 atom stereocenters. The van der Waals surface area contributed by atoms with E-state index >= 15 is 0 Å². The number of carbonyl (C=O) groups excluding carboxylic acids is 1. The summed E-state index contributed by atoms with van der Waals surface area (Å²) in [4.78, 5) is 10.9. The maximum atomic E-state index is 10.9. The van der Waals surface area contributed by atoms with Gasteiger partial charge in [-0.2, -0.15) is 5.10 Å². The lowest BCUT2D eigenvalue weighted by molar-refractivity contribution is 0.0460. The molecule has 6 nitrogen and oxygen atoms in total. The van der Waals surface area contributed by atoms with Crippen molar-refractivity contribution in [2.24, 2.45) is 5.73 Å². The van der Waals surface area contributed by atoms with Crippen LogP contribution in [0.25, 0.3) is 0 Å². The van der Waals surface area contributed by atoms with Gasteiger partial charge in [-0.1, -0.05) is 24.3 Å². The van der Waals surface area contributed by atoms with Gasteiger partial charge in [0.2, 0.25) is 0 Å². The maximum Gasteiger partial charge on any atom is 0.405 e. The minimum absolute atomic E-state index is 0.502. The van der Waals surface area contributed by atoms with E-state index in [1.165, 1.54) is 0 Å². The highest BCUT2D eigenvalue weighted by atomic mass is 16.6. The van der Waals surface area contributed by atoms with Crippen molar-refractivity contribution in [3.8, 4) is 0 Å². The second-order valence-corrected chi connectivity index (χ2v) is 5.62. The number of primary amides is 1. The van der Waals surface area contributed by atoms with Crippen molar-refractivity contribution in [3.05, 3.63) is 47.7 Å². The molecule has 2 aromatic rings. The number of aromatic nitrogens is 2. The first-order chi connectivity index (χ1) is 9.84. The van der Waals surface area contributed by atoms with Crippen molar-refractivity contribution in [3.63, 3.8) is 0 Å². The molecule has 0 saturated carbocycles. The van der Waals surface area contributed by atoms with Crippen LogP contribution in [0.5, 0.6) is 0 Å². The Morgan fingerprint density at radius 2 is 2.05 bits per heavy atom. The van der Waals surface area contributed by atoms with Gasteiger partial charge in [-0.3, -0.25) is 4.68 Å². The lowest BCUT2D eigenvalue weighted by atomic mass is 9.97. The van der Waals surface area contributed by atoms with Crippen molar-refractivity contribution in [1.29, 1.82) is 0 Å². The number of anilines is 1. The summed E-state index contributed by atoms with van der Waals surface area (Å²) in [5.41, 5.74) is 12.2. The standard InChI is InChI=1S/C15H20N4O2/c1-15(2,21-14(17)20)9-11-4-3-5-12(8-11)10-19-7-6-13(16)18-19/h3-8H,9-10H2,1-2H3,(H2,16,18)(H2,17,20). The molecular weight excluding hydrogens is 268 g/mol. The second-order valence-electron chi connectivity index (χ2n) is 5.62. The monoisotopic (exact) mass is 288 g/mol. The molecule has 1 amide bonds. The summed E-state index contributed by atoms with van der Waals surface area (Å²) in [7, 11) is 0. The number of amides is 1. The van der Waals surface area contributed by atoms with Gasteiger partial charge in [0.15, 0.2) is 0 Å². The van der Waals surface area contributed by atoms with Crippen LogP contribution in [0, 0.1) is 0 Å². The molecule has 1 aromatic carbocycles. The highest BCUT2D eigenvalue weighted by Gasteiger charge is 2.22. The largest absolute Gasteiger partial charge is 0.443 e. The van der Waals surface area contributed by atoms with Gasteiger partial charge >= 0.3 is 6.09 Å². The van der Waals surface area contributed by atoms with E-state index in [2.05, 4.69) is 11.2 Å². The number of rotatable bonds is 5. The zero-order valence-electron chi connectivity index (χ0n) is 12.2. The minimum atomic E-state index is -0.761. The molecule has 21 heavy (non-hydrogen) atoms. The van der Waals surface area contributed by atoms with Crippen LogP contribution in [0.3, 0.4) is 0 Å². The predicted octanol–water partition coefficient (Wildman–Crippen LogP) is 1.93. The third kappa shape index (κ3) is 4.52. The molecule has 0 fully saturated rings. The number of ether oxygens (including phenoxy) is 1. The highest BCUT2D eigenvalue weighted by Crippen LogP contribution is 2.18. The molecule has 2 rings (SSSR count). The molecule has 6 heteroatoms. The number of carbonyl (C=O) groups is 1. The Labute approximate surface area is 123 Å². The Bertz CT molecular complexity index is 634. The van der Waals surface area contributed by atoms with Crippen LogP contribution in [0.4, 0.5) is 10.6 Å². The van der Waals surface area contributed by atoms with E-state index in [-0.39, 0.29) is 0 Å². The number of nitrogens with two attached hydrogens (primary N) is 2. The summed E-state index contributed by atoms with van der Waals surface area (Å²) in [5, 5.41) is 4.16. The van der Waals surface area contributed by atoms with Crippen LogP contribution in [0.2, 0.25) is 0 Å². The van der Waals surface area contributed by atoms with Crippen LogP contribution < -0.4 is 11.5 Å². The SMILES string of the molecule is CC(C)(Cc1cccc(Cn2ccc(N)n2)c1)OC(N)=O. The maximum absolute atomic E-state index is 10.9. The first-order valence-corrected chi connectivity index (χ1v) is 6.69. The molecule has 0 saturated heterocycles. The highest BCUT2D eigenvalue weighted by molar-refractivity contribution is 5.65. The molecule has 0 aliphatic carbocycles. The van der Waals surface area contributed by atoms with E-state index in [0.29, 0.717) is 18.8 Å². The van der Waals surface area contributed by atoms with Gasteiger partial charge in [0.05, 0.1) is 6.54 Å². The molecule has 0 radical (unpaired) electrons. The normalized spacial score (nSPS) is 11.3. The third-order valence-corrected chi connectivity index (χ3v) is 3.00. The van der Waals surface area contributed by atoms with Crippen LogP contribution >= 0.6 is 0 Å². The summed E-state index contributed by atoms with van der Waals surface area (Å²) in [6, 6.07) is 9.80. The Balaban J connectivity index is 2.08. The van der Waals surface area contributed by atoms with Crippen molar-refractivity contribution >= 4 is 11.9 Å². The summed E-state index contributed by atoms with van der Waals surface area (Å²) in [6.07, 6.45) is 1.66. The smallest absolute Gasteiger partial charge is 0.405 e. The Kier molecular flexibility index (Phi) is 4.16. The summed E-state index contributed by atoms with van der Waals surface area (Å²) in [5.74, 6) is 0.502. The zero-order chi connectivity index (χ0) is 15.5. The van der Waals surface area contributed by atoms with Crippen molar-refractivity contribution in [2.75, 3.05) is 5.73 Å². The quantitative estimate of drug-likeness (QED) is 0.878. The molecule has 0 spiro atoms. The first-order valence-electron chi connectivity index (χ1n) is 6.69. The molecule has 1 aromatic heterocycles. The number of nitrogens with zero attached hydrogens (tertiary/aromatic N) is 2. The molecule has 1 heterocycles. The van der Waals surface area contributed by atoms with Crippen molar-refractivity contribution in [1.82, 2.24) is 9.78 Å². The summed E-state index contributed by atoms with van der Waals surface area (Å²) in [6.45, 7) is 4.30. The summed E-state index contributed by atoms with van der Waals surface area (Å²) < 4.78 is 6.89. The predicted molar refractivity (Wildman–Crippen MR) is 80.6 cm³/mol. The zero-order valence-corrected chi connectivity index (χ0v) is 12.2. The van der Waals surface area contributed by atoms with Crippen molar-refractivity contribution < 1.29 is 9.53 Å². The van der Waals surface area contributed by atoms with E-state index in [4.69, 9.17) is 16.2 Å². The number of benzene rings is 1. The van der Waals surface area contributed by atoms with Gasteiger partial charge in [-0.05, 0) is 31.0 Å². The van der Waals surface area contributed by atoms with E-state index in [1.807, 2.05) is 38.2 Å². The Morgan fingerprint density at radius 1 is 1.33 bits per heavy atom. The fourth-order valence-electron chi connectivity index (χ4n) is 2.29. The minimum Gasteiger partial charge on any atom is -0.443 e. The van der Waals surface area contributed by atoms with Crippen LogP contribution in [0.15, 0.2) is 36.5 Å². The fraction of sp³-hybridized carbons (Fsp3) is 0.333. The van der Waals surface area contributed by atoms with Crippen LogP contribution in [0.1, 0.15) is 25.0 Å². The molecular formula is C15H20N4O2.